The van der Waals surface area contributed by atoms with E-state index in [2.05, 4.69) is 10.1 Å². The maximum Gasteiger partial charge on any atom is 0.231 e. The third kappa shape index (κ3) is 5.97. The van der Waals surface area contributed by atoms with Gasteiger partial charge in [-0.1, -0.05) is 17.3 Å². The molecule has 4 rings (SSSR count). The Morgan fingerprint density at radius 3 is 2.72 bits per heavy atom. The highest BCUT2D eigenvalue weighted by Gasteiger charge is 2.27. The van der Waals surface area contributed by atoms with Crippen LogP contribution in [0.3, 0.4) is 0 Å². The molecule has 2 aliphatic heterocycles. The maximum absolute atomic E-state index is 13.3. The van der Waals surface area contributed by atoms with Gasteiger partial charge in [-0.25, -0.2) is 4.39 Å². The van der Waals surface area contributed by atoms with Crippen LogP contribution in [0.4, 0.5) is 4.39 Å². The smallest absolute Gasteiger partial charge is 0.231 e. The summed E-state index contributed by atoms with van der Waals surface area (Å²) in [6.45, 7) is 5.87. The summed E-state index contributed by atoms with van der Waals surface area (Å²) < 4.78 is 29.7. The number of benzene rings is 2. The van der Waals surface area contributed by atoms with Crippen LogP contribution in [0, 0.1) is 5.82 Å². The molecule has 32 heavy (non-hydrogen) atoms. The number of rotatable bonds is 10. The van der Waals surface area contributed by atoms with Gasteiger partial charge in [0.05, 0.1) is 24.5 Å². The van der Waals surface area contributed by atoms with Gasteiger partial charge in [-0.05, 0) is 49.7 Å². The zero-order valence-electron chi connectivity index (χ0n) is 18.4. The van der Waals surface area contributed by atoms with E-state index >= 15 is 0 Å². The minimum absolute atomic E-state index is 0.0472. The number of oxime groups is 1. The van der Waals surface area contributed by atoms with Crippen LogP contribution in [0.15, 0.2) is 47.6 Å². The molecule has 0 aromatic heterocycles. The molecule has 172 valence electrons. The lowest BCUT2D eigenvalue weighted by atomic mass is 10.0. The molecule has 2 aromatic carbocycles. The zero-order chi connectivity index (χ0) is 22.5. The van der Waals surface area contributed by atoms with Crippen molar-refractivity contribution in [2.75, 3.05) is 26.5 Å². The van der Waals surface area contributed by atoms with Crippen molar-refractivity contribution in [1.29, 1.82) is 0 Å². The summed E-state index contributed by atoms with van der Waals surface area (Å²) in [5, 5.41) is 14.7. The van der Waals surface area contributed by atoms with Gasteiger partial charge < -0.3 is 24.2 Å². The van der Waals surface area contributed by atoms with Gasteiger partial charge in [0.25, 0.3) is 0 Å². The van der Waals surface area contributed by atoms with E-state index in [9.17, 15) is 9.50 Å². The first-order valence-electron chi connectivity index (χ1n) is 10.9. The molecular weight excluding hydrogens is 415 g/mol. The van der Waals surface area contributed by atoms with Crippen molar-refractivity contribution >= 4 is 5.71 Å². The third-order valence-electron chi connectivity index (χ3n) is 5.31. The van der Waals surface area contributed by atoms with Crippen LogP contribution in [0.5, 0.6) is 11.5 Å². The molecule has 2 heterocycles. The standard InChI is InChI=1S/C24H29FN2O5/c1-16(2)29-14-20(28)12-27(11-17-3-6-19(25)7-4-17)13-21-10-22(26-32-21)18-5-8-23-24(9-18)31-15-30-23/h3-9,16,20-21,28H,10-15H2,1-2H3/t20-,21-/m0/s1. The molecule has 2 aliphatic rings. The van der Waals surface area contributed by atoms with E-state index in [0.29, 0.717) is 31.8 Å². The molecule has 0 saturated carbocycles. The molecule has 0 radical (unpaired) electrons. The van der Waals surface area contributed by atoms with Crippen LogP contribution in [0.1, 0.15) is 31.4 Å². The number of aliphatic hydroxyl groups excluding tert-OH is 1. The minimum Gasteiger partial charge on any atom is -0.454 e. The minimum atomic E-state index is -0.645. The molecule has 2 atom stereocenters. The van der Waals surface area contributed by atoms with Crippen LogP contribution in [0.25, 0.3) is 0 Å². The summed E-state index contributed by atoms with van der Waals surface area (Å²) in [6, 6.07) is 12.1. The van der Waals surface area contributed by atoms with Gasteiger partial charge in [0.15, 0.2) is 11.5 Å². The van der Waals surface area contributed by atoms with Crippen molar-refractivity contribution in [2.45, 2.75) is 45.1 Å². The molecule has 8 heteroatoms. The fraction of sp³-hybridized carbons (Fsp3) is 0.458. The Morgan fingerprint density at radius 2 is 1.94 bits per heavy atom. The SMILES string of the molecule is CC(C)OC[C@@H](O)CN(Cc1ccc(F)cc1)C[C@@H]1CC(c2ccc3c(c2)OCO3)=NO1. The molecule has 0 aliphatic carbocycles. The molecule has 2 aromatic rings. The van der Waals surface area contributed by atoms with Gasteiger partial charge in [-0.2, -0.15) is 0 Å². The molecule has 0 spiro atoms. The van der Waals surface area contributed by atoms with Gasteiger partial charge in [0.2, 0.25) is 6.79 Å². The average molecular weight is 445 g/mol. The third-order valence-corrected chi connectivity index (χ3v) is 5.31. The van der Waals surface area contributed by atoms with E-state index in [0.717, 1.165) is 22.6 Å². The van der Waals surface area contributed by atoms with Crippen LogP contribution < -0.4 is 9.47 Å². The van der Waals surface area contributed by atoms with E-state index in [1.54, 1.807) is 12.1 Å². The Bertz CT molecular complexity index is 934. The quantitative estimate of drug-likeness (QED) is 0.606. The lowest BCUT2D eigenvalue weighted by Gasteiger charge is -2.27. The van der Waals surface area contributed by atoms with Crippen molar-refractivity contribution in [2.24, 2.45) is 5.16 Å². The van der Waals surface area contributed by atoms with Gasteiger partial charge in [-0.3, -0.25) is 4.90 Å². The summed E-state index contributed by atoms with van der Waals surface area (Å²) >= 11 is 0. The lowest BCUT2D eigenvalue weighted by molar-refractivity contribution is -0.0194. The van der Waals surface area contributed by atoms with Crippen molar-refractivity contribution in [3.05, 3.63) is 59.4 Å². The molecule has 0 amide bonds. The van der Waals surface area contributed by atoms with Crippen molar-refractivity contribution in [3.8, 4) is 11.5 Å². The fourth-order valence-corrected chi connectivity index (χ4v) is 3.77. The Balaban J connectivity index is 1.38. The summed E-state index contributed by atoms with van der Waals surface area (Å²) in [5.41, 5.74) is 2.74. The van der Waals surface area contributed by atoms with Crippen molar-refractivity contribution < 1.29 is 28.5 Å². The van der Waals surface area contributed by atoms with Crippen molar-refractivity contribution in [1.82, 2.24) is 4.90 Å². The van der Waals surface area contributed by atoms with Gasteiger partial charge in [0.1, 0.15) is 11.9 Å². The monoisotopic (exact) mass is 444 g/mol. The molecule has 7 nitrogen and oxygen atoms in total. The number of hydrogen-bond acceptors (Lipinski definition) is 7. The van der Waals surface area contributed by atoms with Gasteiger partial charge in [0, 0.05) is 31.6 Å². The highest BCUT2D eigenvalue weighted by Crippen LogP contribution is 2.33. The molecular formula is C24H29FN2O5. The number of nitrogens with zero attached hydrogens (tertiary/aromatic N) is 2. The molecule has 1 N–H and O–H groups in total. The highest BCUT2D eigenvalue weighted by molar-refractivity contribution is 6.01. The Hall–Kier alpha value is -2.68. The predicted octanol–water partition coefficient (Wildman–Crippen LogP) is 3.34. The highest BCUT2D eigenvalue weighted by atomic mass is 19.1. The number of aliphatic hydroxyl groups is 1. The molecule has 0 unspecified atom stereocenters. The summed E-state index contributed by atoms with van der Waals surface area (Å²) in [7, 11) is 0. The Morgan fingerprint density at radius 1 is 1.16 bits per heavy atom. The summed E-state index contributed by atoms with van der Waals surface area (Å²) in [4.78, 5) is 7.80. The summed E-state index contributed by atoms with van der Waals surface area (Å²) in [5.74, 6) is 1.17. The molecule has 0 saturated heterocycles. The average Bonchev–Trinajstić information content (AvgIpc) is 3.42. The predicted molar refractivity (Wildman–Crippen MR) is 117 cm³/mol. The normalized spacial score (nSPS) is 18.2. The van der Waals surface area contributed by atoms with E-state index in [1.807, 2.05) is 32.0 Å². The van der Waals surface area contributed by atoms with E-state index in [-0.39, 0.29) is 31.4 Å². The first-order chi connectivity index (χ1) is 15.5. The second-order valence-corrected chi connectivity index (χ2v) is 8.39. The molecule has 0 fully saturated rings. The second-order valence-electron chi connectivity index (χ2n) is 8.39. The number of ether oxygens (including phenoxy) is 3. The van der Waals surface area contributed by atoms with E-state index < -0.39 is 6.10 Å². The Kier molecular flexibility index (Phi) is 7.24. The second kappa shape index (κ2) is 10.3. The van der Waals surface area contributed by atoms with E-state index in [4.69, 9.17) is 19.0 Å². The van der Waals surface area contributed by atoms with Crippen LogP contribution >= 0.6 is 0 Å². The van der Waals surface area contributed by atoms with Crippen LogP contribution in [0.2, 0.25) is 0 Å². The van der Waals surface area contributed by atoms with Crippen LogP contribution in [-0.2, 0) is 16.1 Å². The lowest BCUT2D eigenvalue weighted by Crippen LogP contribution is -2.39. The van der Waals surface area contributed by atoms with E-state index in [1.165, 1.54) is 12.1 Å². The van der Waals surface area contributed by atoms with Gasteiger partial charge in [-0.15, -0.1) is 0 Å². The topological polar surface area (TPSA) is 72.8 Å². The zero-order valence-corrected chi connectivity index (χ0v) is 18.4. The number of halogens is 1. The van der Waals surface area contributed by atoms with Crippen LogP contribution in [-0.4, -0.2) is 60.5 Å². The largest absolute Gasteiger partial charge is 0.454 e. The first kappa shape index (κ1) is 22.5. The summed E-state index contributed by atoms with van der Waals surface area (Å²) in [6.07, 6.45) is -0.119. The fourth-order valence-electron chi connectivity index (χ4n) is 3.77. The van der Waals surface area contributed by atoms with Gasteiger partial charge >= 0.3 is 0 Å². The first-order valence-corrected chi connectivity index (χ1v) is 10.9. The number of fused-ring (bicyclic) bond motifs is 1. The Labute approximate surface area is 187 Å². The maximum atomic E-state index is 13.3. The molecule has 0 bridgehead atoms. The number of hydrogen-bond donors (Lipinski definition) is 1. The van der Waals surface area contributed by atoms with Crippen molar-refractivity contribution in [3.63, 3.8) is 0 Å².